The van der Waals surface area contributed by atoms with Crippen LogP contribution in [0, 0.1) is 12.8 Å². The molecule has 1 heterocycles. The zero-order valence-corrected chi connectivity index (χ0v) is 20.8. The van der Waals surface area contributed by atoms with Gasteiger partial charge in [0.1, 0.15) is 5.75 Å². The first kappa shape index (κ1) is 24.7. The summed E-state index contributed by atoms with van der Waals surface area (Å²) in [4.78, 5) is 17.6. The van der Waals surface area contributed by atoms with Crippen LogP contribution in [-0.4, -0.2) is 54.7 Å². The van der Waals surface area contributed by atoms with Crippen molar-refractivity contribution in [1.82, 2.24) is 10.2 Å². The number of amides is 1. The molecule has 1 saturated carbocycles. The molecule has 4 rings (SSSR count). The van der Waals surface area contributed by atoms with E-state index in [1.54, 1.807) is 0 Å². The molecule has 2 aromatic rings. The highest BCUT2D eigenvalue weighted by molar-refractivity contribution is 5.94. The lowest BCUT2D eigenvalue weighted by Crippen LogP contribution is -2.48. The molecule has 1 amide bonds. The number of hydrogen-bond acceptors (Lipinski definition) is 5. The normalized spacial score (nSPS) is 23.5. The van der Waals surface area contributed by atoms with E-state index in [0.29, 0.717) is 6.04 Å². The average Bonchev–Trinajstić information content (AvgIpc) is 2.85. The second-order valence-corrected chi connectivity index (χ2v) is 10.00. The third-order valence-electron chi connectivity index (χ3n) is 7.30. The summed E-state index contributed by atoms with van der Waals surface area (Å²) in [6.07, 6.45) is 3.54. The zero-order chi connectivity index (χ0) is 24.1. The second kappa shape index (κ2) is 11.3. The second-order valence-electron chi connectivity index (χ2n) is 10.00. The highest BCUT2D eigenvalue weighted by atomic mass is 16.5. The van der Waals surface area contributed by atoms with Gasteiger partial charge >= 0.3 is 0 Å². The van der Waals surface area contributed by atoms with E-state index >= 15 is 0 Å². The van der Waals surface area contributed by atoms with Gasteiger partial charge < -0.3 is 20.1 Å². The maximum Gasteiger partial charge on any atom is 0.229 e. The Balaban J connectivity index is 1.30. The predicted molar refractivity (Wildman–Crippen MR) is 136 cm³/mol. The van der Waals surface area contributed by atoms with E-state index < -0.39 is 0 Å². The van der Waals surface area contributed by atoms with E-state index in [2.05, 4.69) is 42.3 Å². The fourth-order valence-corrected chi connectivity index (χ4v) is 5.20. The molecule has 6 heteroatoms. The number of nitrogens with one attached hydrogen (secondary N) is 1. The first-order valence-electron chi connectivity index (χ1n) is 12.6. The van der Waals surface area contributed by atoms with Crippen LogP contribution in [0.15, 0.2) is 42.5 Å². The van der Waals surface area contributed by atoms with Gasteiger partial charge in [-0.25, -0.2) is 0 Å². The van der Waals surface area contributed by atoms with Crippen LogP contribution in [0.3, 0.4) is 0 Å². The largest absolute Gasteiger partial charge is 0.490 e. The van der Waals surface area contributed by atoms with Gasteiger partial charge in [-0.2, -0.15) is 0 Å². The van der Waals surface area contributed by atoms with Crippen molar-refractivity contribution < 1.29 is 14.6 Å². The molecule has 2 fully saturated rings. The Morgan fingerprint density at radius 3 is 2.68 bits per heavy atom. The van der Waals surface area contributed by atoms with Crippen molar-refractivity contribution in [2.75, 3.05) is 31.6 Å². The van der Waals surface area contributed by atoms with Crippen LogP contribution in [0.2, 0.25) is 0 Å². The minimum atomic E-state index is 0.0141. The standard InChI is InChI=1S/C28H39N3O3/c1-20-15-25(10-7-24(20)18-31-14-13-29-21(2)17-31)30(3)28(33)23-8-11-26(12-9-23)34-27-6-4-5-22(16-27)19-32/h4-7,10,15-16,21,23,26,29,32H,8-9,11-14,17-19H2,1-3H3/t21-,23?,26?/m0/s1. The number of anilines is 1. The van der Waals surface area contributed by atoms with Gasteiger partial charge in [0.15, 0.2) is 0 Å². The lowest BCUT2D eigenvalue weighted by atomic mass is 9.86. The summed E-state index contributed by atoms with van der Waals surface area (Å²) in [7, 11) is 1.90. The molecule has 6 nitrogen and oxygen atoms in total. The molecule has 1 aliphatic heterocycles. The lowest BCUT2D eigenvalue weighted by Gasteiger charge is -2.32. The van der Waals surface area contributed by atoms with Gasteiger partial charge in [0, 0.05) is 50.9 Å². The molecule has 2 N–H and O–H groups in total. The number of hydrogen-bond donors (Lipinski definition) is 2. The van der Waals surface area contributed by atoms with Crippen molar-refractivity contribution in [3.05, 3.63) is 59.2 Å². The van der Waals surface area contributed by atoms with Gasteiger partial charge in [-0.15, -0.1) is 0 Å². The van der Waals surface area contributed by atoms with Crippen LogP contribution >= 0.6 is 0 Å². The maximum absolute atomic E-state index is 13.2. The SMILES string of the molecule is Cc1cc(N(C)C(=O)C2CCC(Oc3cccc(CO)c3)CC2)ccc1CN1CCN[C@@H](C)C1. The molecule has 2 aliphatic rings. The summed E-state index contributed by atoms with van der Waals surface area (Å²) in [6, 6.07) is 14.6. The fourth-order valence-electron chi connectivity index (χ4n) is 5.20. The molecule has 0 spiro atoms. The number of aliphatic hydroxyl groups is 1. The molecular weight excluding hydrogens is 426 g/mol. The Labute approximate surface area is 203 Å². The van der Waals surface area contributed by atoms with Crippen molar-refractivity contribution in [2.24, 2.45) is 5.92 Å². The molecule has 34 heavy (non-hydrogen) atoms. The minimum Gasteiger partial charge on any atom is -0.490 e. The number of piperazine rings is 1. The molecule has 1 atom stereocenters. The summed E-state index contributed by atoms with van der Waals surface area (Å²) in [5, 5.41) is 12.8. The molecule has 0 bridgehead atoms. The zero-order valence-electron chi connectivity index (χ0n) is 20.8. The monoisotopic (exact) mass is 465 g/mol. The number of ether oxygens (including phenoxy) is 1. The summed E-state index contributed by atoms with van der Waals surface area (Å²) in [5.74, 6) is 1.03. The molecule has 1 saturated heterocycles. The van der Waals surface area contributed by atoms with E-state index in [-0.39, 0.29) is 24.5 Å². The topological polar surface area (TPSA) is 65.0 Å². The first-order chi connectivity index (χ1) is 16.4. The van der Waals surface area contributed by atoms with Crippen LogP contribution in [0.4, 0.5) is 5.69 Å². The van der Waals surface area contributed by atoms with Gasteiger partial charge in [0.05, 0.1) is 12.7 Å². The van der Waals surface area contributed by atoms with Crippen LogP contribution in [0.25, 0.3) is 0 Å². The van der Waals surface area contributed by atoms with E-state index in [1.165, 1.54) is 11.1 Å². The van der Waals surface area contributed by atoms with Crippen LogP contribution < -0.4 is 15.0 Å². The Morgan fingerprint density at radius 1 is 1.18 bits per heavy atom. The maximum atomic E-state index is 13.2. The lowest BCUT2D eigenvalue weighted by molar-refractivity contribution is -0.123. The van der Waals surface area contributed by atoms with Crippen molar-refractivity contribution in [1.29, 1.82) is 0 Å². The van der Waals surface area contributed by atoms with Gasteiger partial charge in [0.25, 0.3) is 0 Å². The van der Waals surface area contributed by atoms with Crippen molar-refractivity contribution >= 4 is 11.6 Å². The van der Waals surface area contributed by atoms with E-state index in [0.717, 1.165) is 68.9 Å². The highest BCUT2D eigenvalue weighted by Gasteiger charge is 2.30. The number of aliphatic hydroxyl groups excluding tert-OH is 1. The van der Waals surface area contributed by atoms with Crippen molar-refractivity contribution in [2.45, 2.75) is 64.8 Å². The Bertz CT molecular complexity index is 971. The quantitative estimate of drug-likeness (QED) is 0.650. The number of aryl methyl sites for hydroxylation is 1. The van der Waals surface area contributed by atoms with Gasteiger partial charge in [-0.3, -0.25) is 9.69 Å². The molecule has 0 radical (unpaired) electrons. The molecule has 1 aliphatic carbocycles. The third-order valence-corrected chi connectivity index (χ3v) is 7.30. The molecule has 2 aromatic carbocycles. The number of carbonyl (C=O) groups is 1. The van der Waals surface area contributed by atoms with E-state index in [4.69, 9.17) is 4.74 Å². The van der Waals surface area contributed by atoms with Crippen LogP contribution in [-0.2, 0) is 17.9 Å². The Kier molecular flexibility index (Phi) is 8.24. The van der Waals surface area contributed by atoms with Crippen molar-refractivity contribution in [3.8, 4) is 5.75 Å². The third kappa shape index (κ3) is 6.17. The minimum absolute atomic E-state index is 0.0141. The summed E-state index contributed by atoms with van der Waals surface area (Å²) in [6.45, 7) is 8.54. The molecule has 0 unspecified atom stereocenters. The average molecular weight is 466 g/mol. The molecule has 0 aromatic heterocycles. The van der Waals surface area contributed by atoms with Gasteiger partial charge in [0.2, 0.25) is 5.91 Å². The van der Waals surface area contributed by atoms with Gasteiger partial charge in [-0.1, -0.05) is 18.2 Å². The van der Waals surface area contributed by atoms with Crippen molar-refractivity contribution in [3.63, 3.8) is 0 Å². The number of rotatable bonds is 7. The first-order valence-corrected chi connectivity index (χ1v) is 12.6. The predicted octanol–water partition coefficient (Wildman–Crippen LogP) is 3.88. The Morgan fingerprint density at radius 2 is 1.97 bits per heavy atom. The van der Waals surface area contributed by atoms with E-state index in [9.17, 15) is 9.90 Å². The molecular formula is C28H39N3O3. The summed E-state index contributed by atoms with van der Waals surface area (Å²) >= 11 is 0. The number of nitrogens with zero attached hydrogens (tertiary/aromatic N) is 2. The fraction of sp³-hybridized carbons (Fsp3) is 0.536. The van der Waals surface area contributed by atoms with Gasteiger partial charge in [-0.05, 0) is 80.5 Å². The van der Waals surface area contributed by atoms with E-state index in [1.807, 2.05) is 36.2 Å². The Hall–Kier alpha value is -2.41. The number of carbonyl (C=O) groups excluding carboxylic acids is 1. The molecule has 184 valence electrons. The van der Waals surface area contributed by atoms with Crippen LogP contribution in [0.5, 0.6) is 5.75 Å². The summed E-state index contributed by atoms with van der Waals surface area (Å²) in [5.41, 5.74) is 4.40. The highest BCUT2D eigenvalue weighted by Crippen LogP contribution is 2.31. The number of benzene rings is 2. The smallest absolute Gasteiger partial charge is 0.229 e. The summed E-state index contributed by atoms with van der Waals surface area (Å²) < 4.78 is 6.12. The van der Waals surface area contributed by atoms with Crippen LogP contribution in [0.1, 0.15) is 49.3 Å².